The van der Waals surface area contributed by atoms with Crippen molar-refractivity contribution >= 4 is 11.0 Å². The molecule has 0 bridgehead atoms. The monoisotopic (exact) mass is 219 g/mol. The second kappa shape index (κ2) is 4.53. The number of aromatic hydroxyl groups is 1. The Morgan fingerprint density at radius 3 is 3.00 bits per heavy atom. The summed E-state index contributed by atoms with van der Waals surface area (Å²) in [6.45, 7) is 2.73. The number of nitrogens with one attached hydrogen (secondary N) is 1. The lowest BCUT2D eigenvalue weighted by Gasteiger charge is -2.09. The third kappa shape index (κ3) is 2.02. The molecule has 1 aromatic carbocycles. The molecule has 16 heavy (non-hydrogen) atoms. The third-order valence-electron chi connectivity index (χ3n) is 2.79. The maximum atomic E-state index is 9.37. The first-order valence-corrected chi connectivity index (χ1v) is 5.63. The molecule has 0 saturated carbocycles. The standard InChI is InChI=1S/C12H17N3O/c1-2-3-8(7-13)12-14-10-5-4-9(16)6-11(10)15-12/h4-6,8,16H,2-3,7,13H2,1H3,(H,14,15). The predicted octanol–water partition coefficient (Wildman–Crippen LogP) is 2.11. The molecular weight excluding hydrogens is 202 g/mol. The molecule has 0 saturated heterocycles. The van der Waals surface area contributed by atoms with Gasteiger partial charge in [-0.15, -0.1) is 0 Å². The number of phenolic OH excluding ortho intramolecular Hbond substituents is 1. The van der Waals surface area contributed by atoms with E-state index in [9.17, 15) is 5.11 Å². The zero-order valence-corrected chi connectivity index (χ0v) is 9.40. The smallest absolute Gasteiger partial charge is 0.117 e. The SMILES string of the molecule is CCCC(CN)c1nc2ccc(O)cc2[nH]1. The van der Waals surface area contributed by atoms with Gasteiger partial charge in [-0.25, -0.2) is 4.98 Å². The number of nitrogens with two attached hydrogens (primary N) is 1. The molecule has 1 unspecified atom stereocenters. The fraction of sp³-hybridized carbons (Fsp3) is 0.417. The van der Waals surface area contributed by atoms with E-state index in [4.69, 9.17) is 5.73 Å². The average molecular weight is 219 g/mol. The normalized spacial score (nSPS) is 13.1. The highest BCUT2D eigenvalue weighted by Gasteiger charge is 2.13. The number of aromatic amines is 1. The Labute approximate surface area is 94.5 Å². The van der Waals surface area contributed by atoms with Gasteiger partial charge in [0.2, 0.25) is 0 Å². The Bertz CT molecular complexity index is 478. The van der Waals surface area contributed by atoms with Crippen LogP contribution in [0.5, 0.6) is 5.75 Å². The Morgan fingerprint density at radius 1 is 1.50 bits per heavy atom. The molecule has 0 aliphatic heterocycles. The van der Waals surface area contributed by atoms with Crippen LogP contribution in [0.3, 0.4) is 0 Å². The largest absolute Gasteiger partial charge is 0.508 e. The Hall–Kier alpha value is -1.55. The summed E-state index contributed by atoms with van der Waals surface area (Å²) in [6.07, 6.45) is 2.12. The van der Waals surface area contributed by atoms with Crippen LogP contribution in [0, 0.1) is 0 Å². The van der Waals surface area contributed by atoms with Gasteiger partial charge in [0.1, 0.15) is 11.6 Å². The molecule has 0 radical (unpaired) electrons. The highest BCUT2D eigenvalue weighted by atomic mass is 16.3. The summed E-state index contributed by atoms with van der Waals surface area (Å²) in [4.78, 5) is 7.72. The van der Waals surface area contributed by atoms with E-state index in [2.05, 4.69) is 16.9 Å². The van der Waals surface area contributed by atoms with Gasteiger partial charge in [-0.05, 0) is 18.6 Å². The number of nitrogens with zero attached hydrogens (tertiary/aromatic N) is 1. The summed E-state index contributed by atoms with van der Waals surface area (Å²) in [6, 6.07) is 5.14. The van der Waals surface area contributed by atoms with Crippen LogP contribution in [0.25, 0.3) is 11.0 Å². The van der Waals surface area contributed by atoms with E-state index in [1.165, 1.54) is 0 Å². The van der Waals surface area contributed by atoms with Crippen LogP contribution in [0.4, 0.5) is 0 Å². The van der Waals surface area contributed by atoms with Gasteiger partial charge in [0.05, 0.1) is 11.0 Å². The minimum atomic E-state index is 0.252. The fourth-order valence-electron chi connectivity index (χ4n) is 1.93. The van der Waals surface area contributed by atoms with Crippen molar-refractivity contribution in [1.29, 1.82) is 0 Å². The molecule has 4 heteroatoms. The summed E-state index contributed by atoms with van der Waals surface area (Å²) < 4.78 is 0. The van der Waals surface area contributed by atoms with Gasteiger partial charge >= 0.3 is 0 Å². The zero-order chi connectivity index (χ0) is 11.5. The number of aromatic nitrogens is 2. The van der Waals surface area contributed by atoms with Crippen LogP contribution >= 0.6 is 0 Å². The van der Waals surface area contributed by atoms with Crippen molar-refractivity contribution in [1.82, 2.24) is 9.97 Å². The van der Waals surface area contributed by atoms with Crippen LogP contribution in [-0.2, 0) is 0 Å². The Kier molecular flexibility index (Phi) is 3.10. The molecule has 0 amide bonds. The van der Waals surface area contributed by atoms with Gasteiger partial charge in [0.25, 0.3) is 0 Å². The van der Waals surface area contributed by atoms with Crippen LogP contribution in [0.1, 0.15) is 31.5 Å². The molecule has 0 spiro atoms. The van der Waals surface area contributed by atoms with Gasteiger partial charge in [-0.2, -0.15) is 0 Å². The van der Waals surface area contributed by atoms with Crippen molar-refractivity contribution in [3.8, 4) is 5.75 Å². The number of fused-ring (bicyclic) bond motifs is 1. The van der Waals surface area contributed by atoms with Crippen molar-refractivity contribution in [3.63, 3.8) is 0 Å². The Morgan fingerprint density at radius 2 is 2.31 bits per heavy atom. The summed E-state index contributed by atoms with van der Waals surface area (Å²) in [5.74, 6) is 1.45. The first kappa shape index (κ1) is 11.0. The van der Waals surface area contributed by atoms with Crippen molar-refractivity contribution in [2.24, 2.45) is 5.73 Å². The Balaban J connectivity index is 2.37. The average Bonchev–Trinajstić information content (AvgIpc) is 2.68. The highest BCUT2D eigenvalue weighted by Crippen LogP contribution is 2.23. The minimum absolute atomic E-state index is 0.252. The van der Waals surface area contributed by atoms with E-state index in [1.54, 1.807) is 12.1 Å². The maximum Gasteiger partial charge on any atom is 0.117 e. The topological polar surface area (TPSA) is 74.9 Å². The molecule has 2 rings (SSSR count). The lowest BCUT2D eigenvalue weighted by Crippen LogP contribution is -2.13. The number of H-pyrrole nitrogens is 1. The molecule has 4 nitrogen and oxygen atoms in total. The van der Waals surface area contributed by atoms with E-state index in [0.29, 0.717) is 6.54 Å². The molecule has 1 aromatic heterocycles. The summed E-state index contributed by atoms with van der Waals surface area (Å²) in [5, 5.41) is 9.37. The van der Waals surface area contributed by atoms with Crippen LogP contribution in [0.2, 0.25) is 0 Å². The van der Waals surface area contributed by atoms with Crippen LogP contribution in [-0.4, -0.2) is 21.6 Å². The molecule has 0 aliphatic carbocycles. The van der Waals surface area contributed by atoms with Crippen molar-refractivity contribution < 1.29 is 5.11 Å². The number of phenols is 1. The van der Waals surface area contributed by atoms with E-state index in [-0.39, 0.29) is 11.7 Å². The van der Waals surface area contributed by atoms with E-state index in [1.807, 2.05) is 6.07 Å². The van der Waals surface area contributed by atoms with Crippen molar-refractivity contribution in [3.05, 3.63) is 24.0 Å². The third-order valence-corrected chi connectivity index (χ3v) is 2.79. The zero-order valence-electron chi connectivity index (χ0n) is 9.40. The van der Waals surface area contributed by atoms with Gasteiger partial charge in [0.15, 0.2) is 0 Å². The molecule has 0 aliphatic rings. The highest BCUT2D eigenvalue weighted by molar-refractivity contribution is 5.76. The van der Waals surface area contributed by atoms with E-state index >= 15 is 0 Å². The molecule has 2 aromatic rings. The predicted molar refractivity (Wildman–Crippen MR) is 64.5 cm³/mol. The number of rotatable bonds is 4. The van der Waals surface area contributed by atoms with Crippen molar-refractivity contribution in [2.75, 3.05) is 6.54 Å². The second-order valence-electron chi connectivity index (χ2n) is 4.04. The summed E-state index contributed by atoms with van der Waals surface area (Å²) in [7, 11) is 0. The van der Waals surface area contributed by atoms with Gasteiger partial charge in [-0.3, -0.25) is 0 Å². The number of benzene rings is 1. The summed E-state index contributed by atoms with van der Waals surface area (Å²) in [5.41, 5.74) is 7.48. The number of imidazole rings is 1. The molecule has 1 atom stereocenters. The number of hydrogen-bond donors (Lipinski definition) is 3. The fourth-order valence-corrected chi connectivity index (χ4v) is 1.93. The first-order valence-electron chi connectivity index (χ1n) is 5.63. The molecule has 0 fully saturated rings. The van der Waals surface area contributed by atoms with Crippen LogP contribution < -0.4 is 5.73 Å². The molecule has 86 valence electrons. The van der Waals surface area contributed by atoms with Crippen LogP contribution in [0.15, 0.2) is 18.2 Å². The first-order chi connectivity index (χ1) is 7.74. The van der Waals surface area contributed by atoms with Gasteiger partial charge < -0.3 is 15.8 Å². The maximum absolute atomic E-state index is 9.37. The molecule has 1 heterocycles. The van der Waals surface area contributed by atoms with Gasteiger partial charge in [0, 0.05) is 18.5 Å². The minimum Gasteiger partial charge on any atom is -0.508 e. The quantitative estimate of drug-likeness (QED) is 0.737. The van der Waals surface area contributed by atoms with Gasteiger partial charge in [-0.1, -0.05) is 13.3 Å². The number of hydrogen-bond acceptors (Lipinski definition) is 3. The summed E-state index contributed by atoms with van der Waals surface area (Å²) >= 11 is 0. The second-order valence-corrected chi connectivity index (χ2v) is 4.04. The molecular formula is C12H17N3O. The molecule has 4 N–H and O–H groups in total. The lowest BCUT2D eigenvalue weighted by molar-refractivity contribution is 0.476. The van der Waals surface area contributed by atoms with E-state index < -0.39 is 0 Å². The lowest BCUT2D eigenvalue weighted by atomic mass is 10.0. The van der Waals surface area contributed by atoms with E-state index in [0.717, 1.165) is 29.7 Å². The van der Waals surface area contributed by atoms with Crippen molar-refractivity contribution in [2.45, 2.75) is 25.7 Å².